The van der Waals surface area contributed by atoms with Gasteiger partial charge in [0.2, 0.25) is 0 Å². The van der Waals surface area contributed by atoms with E-state index in [1.807, 2.05) is 12.1 Å². The second-order valence-corrected chi connectivity index (χ2v) is 2.53. The van der Waals surface area contributed by atoms with E-state index in [4.69, 9.17) is 11.0 Å². The number of amides is 2. The Kier molecular flexibility index (Phi) is 2.87. The number of benzene rings is 1. The van der Waals surface area contributed by atoms with Crippen molar-refractivity contribution in [1.82, 2.24) is 5.32 Å². The van der Waals surface area contributed by atoms with Gasteiger partial charge in [-0.05, 0) is 17.7 Å². The van der Waals surface area contributed by atoms with Crippen molar-refractivity contribution in [1.29, 1.82) is 5.26 Å². The number of primary amides is 1. The van der Waals surface area contributed by atoms with Gasteiger partial charge in [0.15, 0.2) is 0 Å². The van der Waals surface area contributed by atoms with E-state index >= 15 is 0 Å². The monoisotopic (exact) mass is 175 g/mol. The van der Waals surface area contributed by atoms with Crippen LogP contribution >= 0.6 is 0 Å². The first-order valence-electron chi connectivity index (χ1n) is 3.74. The summed E-state index contributed by atoms with van der Waals surface area (Å²) in [6, 6.07) is 8.43. The molecular weight excluding hydrogens is 166 g/mol. The summed E-state index contributed by atoms with van der Waals surface area (Å²) in [6.45, 7) is 0.352. The maximum Gasteiger partial charge on any atom is 0.312 e. The van der Waals surface area contributed by atoms with Crippen LogP contribution in [0.1, 0.15) is 11.1 Å². The molecule has 0 saturated carbocycles. The first-order valence-corrected chi connectivity index (χ1v) is 3.74. The predicted octanol–water partition coefficient (Wildman–Crippen LogP) is 0.727. The zero-order valence-corrected chi connectivity index (χ0v) is 6.95. The van der Waals surface area contributed by atoms with Gasteiger partial charge in [-0.2, -0.15) is 5.26 Å². The summed E-state index contributed by atoms with van der Waals surface area (Å²) in [5.41, 5.74) is 6.33. The molecule has 66 valence electrons. The third-order valence-electron chi connectivity index (χ3n) is 1.52. The third-order valence-corrected chi connectivity index (χ3v) is 1.52. The normalized spacial score (nSPS) is 8.85. The maximum atomic E-state index is 10.4. The summed E-state index contributed by atoms with van der Waals surface area (Å²) >= 11 is 0. The van der Waals surface area contributed by atoms with Crippen molar-refractivity contribution < 1.29 is 4.79 Å². The largest absolute Gasteiger partial charge is 0.352 e. The quantitative estimate of drug-likeness (QED) is 0.694. The molecule has 1 aromatic rings. The van der Waals surface area contributed by atoms with Crippen molar-refractivity contribution in [2.75, 3.05) is 0 Å². The van der Waals surface area contributed by atoms with Crippen LogP contribution < -0.4 is 11.1 Å². The minimum Gasteiger partial charge on any atom is -0.352 e. The predicted molar refractivity (Wildman–Crippen MR) is 47.6 cm³/mol. The first-order chi connectivity index (χ1) is 6.22. The molecule has 0 aliphatic carbocycles. The molecule has 0 saturated heterocycles. The van der Waals surface area contributed by atoms with Gasteiger partial charge >= 0.3 is 6.03 Å². The van der Waals surface area contributed by atoms with Crippen LogP contribution in [0.25, 0.3) is 0 Å². The lowest BCUT2D eigenvalue weighted by molar-refractivity contribution is 0.248. The van der Waals surface area contributed by atoms with Crippen molar-refractivity contribution in [2.24, 2.45) is 5.73 Å². The Morgan fingerprint density at radius 3 is 3.00 bits per heavy atom. The Labute approximate surface area is 76.0 Å². The highest BCUT2D eigenvalue weighted by molar-refractivity contribution is 5.71. The number of carbonyl (C=O) groups is 1. The van der Waals surface area contributed by atoms with E-state index in [2.05, 4.69) is 5.32 Å². The molecule has 0 radical (unpaired) electrons. The number of carbonyl (C=O) groups excluding carboxylic acids is 1. The van der Waals surface area contributed by atoms with Crippen LogP contribution in [0.15, 0.2) is 24.3 Å². The molecule has 3 N–H and O–H groups in total. The second kappa shape index (κ2) is 4.12. The van der Waals surface area contributed by atoms with Gasteiger partial charge in [0.1, 0.15) is 0 Å². The molecule has 4 heteroatoms. The van der Waals surface area contributed by atoms with Crippen LogP contribution in [0.5, 0.6) is 0 Å². The van der Waals surface area contributed by atoms with E-state index in [-0.39, 0.29) is 0 Å². The molecule has 0 unspecified atom stereocenters. The van der Waals surface area contributed by atoms with Crippen molar-refractivity contribution in [3.8, 4) is 6.07 Å². The van der Waals surface area contributed by atoms with Crippen molar-refractivity contribution in [3.63, 3.8) is 0 Å². The van der Waals surface area contributed by atoms with E-state index in [1.54, 1.807) is 18.2 Å². The zero-order chi connectivity index (χ0) is 9.68. The third kappa shape index (κ3) is 2.83. The molecular formula is C9H9N3O. The van der Waals surface area contributed by atoms with Crippen LogP contribution in [0, 0.1) is 11.3 Å². The summed E-state index contributed by atoms with van der Waals surface area (Å²) in [6.07, 6.45) is 0. The highest BCUT2D eigenvalue weighted by Crippen LogP contribution is 2.03. The van der Waals surface area contributed by atoms with Crippen LogP contribution in [0.2, 0.25) is 0 Å². The molecule has 1 aromatic carbocycles. The Hall–Kier alpha value is -2.02. The van der Waals surface area contributed by atoms with E-state index < -0.39 is 6.03 Å². The van der Waals surface area contributed by atoms with Crippen molar-refractivity contribution in [2.45, 2.75) is 6.54 Å². The fourth-order valence-electron chi connectivity index (χ4n) is 0.940. The summed E-state index contributed by atoms with van der Waals surface area (Å²) in [5, 5.41) is 11.0. The molecule has 0 aromatic heterocycles. The first kappa shape index (κ1) is 9.07. The van der Waals surface area contributed by atoms with E-state index in [9.17, 15) is 4.79 Å². The average molecular weight is 175 g/mol. The summed E-state index contributed by atoms with van der Waals surface area (Å²) in [5.74, 6) is 0. The van der Waals surface area contributed by atoms with E-state index in [0.717, 1.165) is 5.56 Å². The molecule has 4 nitrogen and oxygen atoms in total. The van der Waals surface area contributed by atoms with E-state index in [0.29, 0.717) is 12.1 Å². The van der Waals surface area contributed by atoms with Gasteiger partial charge in [-0.25, -0.2) is 4.79 Å². The van der Waals surface area contributed by atoms with Gasteiger partial charge < -0.3 is 11.1 Å². The number of rotatable bonds is 2. The van der Waals surface area contributed by atoms with Gasteiger partial charge in [0.25, 0.3) is 0 Å². The molecule has 13 heavy (non-hydrogen) atoms. The molecule has 0 heterocycles. The average Bonchev–Trinajstić information content (AvgIpc) is 2.15. The molecule has 0 spiro atoms. The summed E-state index contributed by atoms with van der Waals surface area (Å²) in [7, 11) is 0. The van der Waals surface area contributed by atoms with E-state index in [1.165, 1.54) is 0 Å². The number of hydrogen-bond acceptors (Lipinski definition) is 2. The van der Waals surface area contributed by atoms with Crippen LogP contribution in [-0.4, -0.2) is 6.03 Å². The summed E-state index contributed by atoms with van der Waals surface area (Å²) in [4.78, 5) is 10.4. The lowest BCUT2D eigenvalue weighted by atomic mass is 10.1. The fraction of sp³-hybridized carbons (Fsp3) is 0.111. The van der Waals surface area contributed by atoms with Gasteiger partial charge in [-0.15, -0.1) is 0 Å². The molecule has 0 aliphatic heterocycles. The SMILES string of the molecule is N#Cc1cccc(CNC(N)=O)c1. The molecule has 2 amide bonds. The lowest BCUT2D eigenvalue weighted by Gasteiger charge is -2.01. The number of nitrogens with two attached hydrogens (primary N) is 1. The lowest BCUT2D eigenvalue weighted by Crippen LogP contribution is -2.28. The topological polar surface area (TPSA) is 78.9 Å². The fourth-order valence-corrected chi connectivity index (χ4v) is 0.940. The minimum absolute atomic E-state index is 0.352. The van der Waals surface area contributed by atoms with Gasteiger partial charge in [0, 0.05) is 6.54 Å². The maximum absolute atomic E-state index is 10.4. The summed E-state index contributed by atoms with van der Waals surface area (Å²) < 4.78 is 0. The van der Waals surface area contributed by atoms with Crippen LogP contribution in [0.3, 0.4) is 0 Å². The van der Waals surface area contributed by atoms with Gasteiger partial charge in [-0.3, -0.25) is 0 Å². The smallest absolute Gasteiger partial charge is 0.312 e. The highest BCUT2D eigenvalue weighted by Gasteiger charge is 1.95. The Morgan fingerprint density at radius 2 is 2.38 bits per heavy atom. The van der Waals surface area contributed by atoms with Crippen LogP contribution in [-0.2, 0) is 6.54 Å². The van der Waals surface area contributed by atoms with Gasteiger partial charge in [-0.1, -0.05) is 12.1 Å². The minimum atomic E-state index is -0.567. The Balaban J connectivity index is 2.68. The Morgan fingerprint density at radius 1 is 1.62 bits per heavy atom. The second-order valence-electron chi connectivity index (χ2n) is 2.53. The number of nitriles is 1. The molecule has 1 rings (SSSR count). The van der Waals surface area contributed by atoms with Crippen LogP contribution in [0.4, 0.5) is 4.79 Å². The number of hydrogen-bond donors (Lipinski definition) is 2. The number of urea groups is 1. The molecule has 0 fully saturated rings. The number of nitrogens with one attached hydrogen (secondary N) is 1. The van der Waals surface area contributed by atoms with Crippen molar-refractivity contribution in [3.05, 3.63) is 35.4 Å². The highest BCUT2D eigenvalue weighted by atomic mass is 16.2. The van der Waals surface area contributed by atoms with Crippen molar-refractivity contribution >= 4 is 6.03 Å². The number of nitrogens with zero attached hydrogens (tertiary/aromatic N) is 1. The molecule has 0 aliphatic rings. The standard InChI is InChI=1S/C9H9N3O/c10-5-7-2-1-3-8(4-7)6-12-9(11)13/h1-4H,6H2,(H3,11,12,13). The Bertz CT molecular complexity index is 354. The molecule has 0 bridgehead atoms. The molecule has 0 atom stereocenters. The zero-order valence-electron chi connectivity index (χ0n) is 6.95. The van der Waals surface area contributed by atoms with Gasteiger partial charge in [0.05, 0.1) is 11.6 Å².